The van der Waals surface area contributed by atoms with Gasteiger partial charge in [-0.3, -0.25) is 14.4 Å². The monoisotopic (exact) mass is 825 g/mol. The SMILES string of the molecule is COC(=O)[C@@H](NC(=O)[C@H](CSC(C(C)=O)[P+](c1ccccc1)(c1ccccc1)c1ccccc1)NC(=O)CCC1=[N+]2C(=Cc3c(C)cc(C)n3[B-]2(F)F)C=C1)C(C)C. The summed E-state index contributed by atoms with van der Waals surface area (Å²) in [6, 6.07) is 29.2. The first-order valence-corrected chi connectivity index (χ1v) is 22.2. The highest BCUT2D eigenvalue weighted by molar-refractivity contribution is 8.15. The number of halogens is 2. The lowest BCUT2D eigenvalue weighted by atomic mass is 9.90. The van der Waals surface area contributed by atoms with Crippen molar-refractivity contribution in [2.24, 2.45) is 5.92 Å². The molecule has 0 aliphatic carbocycles. The van der Waals surface area contributed by atoms with Crippen molar-refractivity contribution in [3.8, 4) is 0 Å². The van der Waals surface area contributed by atoms with Gasteiger partial charge in [0.15, 0.2) is 16.5 Å². The number of rotatable bonds is 16. The molecular weight excluding hydrogens is 776 g/mol. The molecule has 58 heavy (non-hydrogen) atoms. The molecular formula is C44H49BF2N4O5PS+. The minimum Gasteiger partial charge on any atom is -0.467 e. The molecule has 0 radical (unpaired) electrons. The lowest BCUT2D eigenvalue weighted by Gasteiger charge is -2.33. The first-order valence-electron chi connectivity index (χ1n) is 19.3. The number of aromatic nitrogens is 1. The third-order valence-electron chi connectivity index (χ3n) is 10.7. The maximum absolute atomic E-state index is 16.1. The van der Waals surface area contributed by atoms with Gasteiger partial charge in [0.05, 0.1) is 7.11 Å². The average molecular weight is 826 g/mol. The number of amides is 2. The zero-order valence-corrected chi connectivity index (χ0v) is 35.2. The van der Waals surface area contributed by atoms with Crippen molar-refractivity contribution >= 4 is 77.3 Å². The molecule has 0 saturated heterocycles. The van der Waals surface area contributed by atoms with E-state index in [0.29, 0.717) is 17.1 Å². The van der Waals surface area contributed by atoms with E-state index < -0.39 is 49.1 Å². The Morgan fingerprint density at radius 3 is 1.91 bits per heavy atom. The Bertz CT molecular complexity index is 2190. The van der Waals surface area contributed by atoms with Gasteiger partial charge in [0.2, 0.25) is 11.8 Å². The van der Waals surface area contributed by atoms with Crippen molar-refractivity contribution < 1.29 is 37.0 Å². The highest BCUT2D eigenvalue weighted by Gasteiger charge is 2.55. The number of carbonyl (C=O) groups excluding carboxylic acids is 4. The van der Waals surface area contributed by atoms with Gasteiger partial charge in [-0.25, -0.2) is 4.79 Å². The lowest BCUT2D eigenvalue weighted by Crippen LogP contribution is -2.54. The van der Waals surface area contributed by atoms with Crippen LogP contribution in [0.1, 0.15) is 50.6 Å². The number of hydrogen-bond donors (Lipinski definition) is 2. The maximum Gasteiger partial charge on any atom is 0.737 e. The summed E-state index contributed by atoms with van der Waals surface area (Å²) >= 11 is 1.28. The van der Waals surface area contributed by atoms with Gasteiger partial charge in [0.25, 0.3) is 0 Å². The molecule has 302 valence electrons. The van der Waals surface area contributed by atoms with Gasteiger partial charge in [-0.1, -0.05) is 68.4 Å². The Morgan fingerprint density at radius 1 is 0.862 bits per heavy atom. The van der Waals surface area contributed by atoms with E-state index in [1.807, 2.05) is 91.0 Å². The summed E-state index contributed by atoms with van der Waals surface area (Å²) in [5.41, 5.74) is 2.28. The first-order chi connectivity index (χ1) is 27.7. The molecule has 1 unspecified atom stereocenters. The largest absolute Gasteiger partial charge is 0.737 e. The molecule has 3 atom stereocenters. The molecule has 2 aliphatic rings. The number of methoxy groups -OCH3 is 1. The minimum atomic E-state index is -4.22. The standard InChI is InChI=1S/C44H48BF2N4O5PS/c1-29(2)41(43(55)56-6)49-42(54)38(48-40(53)25-24-33-22-23-34-27-39-30(3)26-31(4)50(39)45(46,47)51(33)34)28-58-44(32(5)52)57(35-16-10-7-11-17-35,36-18-12-8-13-19-36)37-20-14-9-15-21-37/h7-23,26-27,29,38,41,44H,24-25,28H2,1-6H3,(H-,48,49,53,54)/p+1/t38-,41-,44?/m0/s1. The third kappa shape index (κ3) is 8.25. The predicted molar refractivity (Wildman–Crippen MR) is 232 cm³/mol. The smallest absolute Gasteiger partial charge is 0.467 e. The van der Waals surface area contributed by atoms with E-state index in [1.165, 1.54) is 18.9 Å². The number of carbonyl (C=O) groups is 4. The van der Waals surface area contributed by atoms with E-state index >= 15 is 8.63 Å². The Hall–Kier alpha value is -5.13. The first kappa shape index (κ1) is 42.5. The molecule has 1 aromatic heterocycles. The van der Waals surface area contributed by atoms with Crippen LogP contribution in [-0.4, -0.2) is 75.2 Å². The molecule has 2 N–H and O–H groups in total. The van der Waals surface area contributed by atoms with E-state index in [-0.39, 0.29) is 36.0 Å². The Kier molecular flexibility index (Phi) is 13.0. The number of thioether (sulfide) groups is 1. The predicted octanol–water partition coefficient (Wildman–Crippen LogP) is 5.93. The van der Waals surface area contributed by atoms with Crippen LogP contribution in [-0.2, 0) is 23.9 Å². The van der Waals surface area contributed by atoms with Gasteiger partial charge in [-0.05, 0) is 80.4 Å². The summed E-state index contributed by atoms with van der Waals surface area (Å²) < 4.78 is 39.3. The van der Waals surface area contributed by atoms with Crippen LogP contribution in [0.3, 0.4) is 0 Å². The van der Waals surface area contributed by atoms with Crippen LogP contribution in [0, 0.1) is 19.8 Å². The summed E-state index contributed by atoms with van der Waals surface area (Å²) in [5.74, 6) is -2.30. The van der Waals surface area contributed by atoms with E-state index in [9.17, 15) is 19.2 Å². The van der Waals surface area contributed by atoms with Crippen LogP contribution in [0.25, 0.3) is 6.08 Å². The second-order valence-electron chi connectivity index (χ2n) is 15.0. The second kappa shape index (κ2) is 17.8. The average Bonchev–Trinajstić information content (AvgIpc) is 3.77. The molecule has 0 saturated carbocycles. The van der Waals surface area contributed by atoms with Crippen LogP contribution < -0.4 is 26.5 Å². The lowest BCUT2D eigenvalue weighted by molar-refractivity contribution is -0.362. The van der Waals surface area contributed by atoms with Crippen molar-refractivity contribution in [2.75, 3.05) is 12.9 Å². The molecule has 3 heterocycles. The van der Waals surface area contributed by atoms with Crippen LogP contribution in [0.5, 0.6) is 0 Å². The Balaban J connectivity index is 1.33. The number of nitrogens with one attached hydrogen (secondary N) is 2. The summed E-state index contributed by atoms with van der Waals surface area (Å²) in [5, 5.41) is 8.53. The number of Topliss-reactive ketones (excluding diaryl/α,β-unsaturated/α-hetero) is 1. The van der Waals surface area contributed by atoms with Gasteiger partial charge >= 0.3 is 12.9 Å². The number of esters is 1. The van der Waals surface area contributed by atoms with Crippen molar-refractivity contribution in [3.05, 3.63) is 132 Å². The summed E-state index contributed by atoms with van der Waals surface area (Å²) in [6.45, 7) is 4.31. The number of fused-ring (bicyclic) bond motifs is 2. The summed E-state index contributed by atoms with van der Waals surface area (Å²) in [7, 11) is -1.55. The van der Waals surface area contributed by atoms with Crippen molar-refractivity contribution in [2.45, 2.75) is 64.5 Å². The van der Waals surface area contributed by atoms with E-state index in [2.05, 4.69) is 10.6 Å². The molecule has 3 aromatic carbocycles. The summed E-state index contributed by atoms with van der Waals surface area (Å²) in [6.07, 6.45) is 4.74. The highest BCUT2D eigenvalue weighted by atomic mass is 32.2. The van der Waals surface area contributed by atoms with Crippen molar-refractivity contribution in [3.63, 3.8) is 0 Å². The zero-order valence-electron chi connectivity index (χ0n) is 33.5. The fourth-order valence-corrected chi connectivity index (χ4v) is 15.3. The zero-order chi connectivity index (χ0) is 41.8. The molecule has 4 aromatic rings. The third-order valence-corrected chi connectivity index (χ3v) is 17.7. The molecule has 9 nitrogen and oxygen atoms in total. The summed E-state index contributed by atoms with van der Waals surface area (Å²) in [4.78, 5) is 54.2. The van der Waals surface area contributed by atoms with Crippen molar-refractivity contribution in [1.82, 2.24) is 15.1 Å². The Morgan fingerprint density at radius 2 is 1.41 bits per heavy atom. The number of hydrogen-bond acceptors (Lipinski definition) is 6. The van der Waals surface area contributed by atoms with Crippen LogP contribution in [0.4, 0.5) is 8.63 Å². The molecule has 6 rings (SSSR count). The number of nitrogens with zero attached hydrogens (tertiary/aromatic N) is 2. The number of benzene rings is 3. The quantitative estimate of drug-likeness (QED) is 0.0825. The van der Waals surface area contributed by atoms with E-state index in [1.54, 1.807) is 58.9 Å². The molecule has 2 aliphatic heterocycles. The number of allylic oxidation sites excluding steroid dienone is 2. The van der Waals surface area contributed by atoms with Gasteiger partial charge in [0.1, 0.15) is 41.0 Å². The van der Waals surface area contributed by atoms with Crippen LogP contribution in [0.15, 0.2) is 115 Å². The molecule has 0 fully saturated rings. The fourth-order valence-electron chi connectivity index (χ4n) is 8.00. The molecule has 14 heteroatoms. The Labute approximate surface area is 343 Å². The number of ketones is 1. The van der Waals surface area contributed by atoms with Crippen LogP contribution in [0.2, 0.25) is 0 Å². The van der Waals surface area contributed by atoms with Crippen LogP contribution >= 0.6 is 19.0 Å². The molecule has 2 amide bonds. The maximum atomic E-state index is 16.1. The highest BCUT2D eigenvalue weighted by Crippen LogP contribution is 2.63. The normalized spacial score (nSPS) is 15.8. The van der Waals surface area contributed by atoms with E-state index in [0.717, 1.165) is 30.4 Å². The van der Waals surface area contributed by atoms with Gasteiger partial charge in [-0.15, -0.1) is 11.8 Å². The molecule has 0 spiro atoms. The minimum absolute atomic E-state index is 0.0232. The van der Waals surface area contributed by atoms with Gasteiger partial charge in [-0.2, -0.15) is 0 Å². The number of aryl methyl sites for hydroxylation is 2. The van der Waals surface area contributed by atoms with Crippen molar-refractivity contribution in [1.29, 1.82) is 0 Å². The molecule has 0 bridgehead atoms. The number of ether oxygens (including phenoxy) is 1. The second-order valence-corrected chi connectivity index (χ2v) is 20.0. The fraction of sp³-hybridized carbons (Fsp3) is 0.295. The van der Waals surface area contributed by atoms with E-state index in [4.69, 9.17) is 4.74 Å². The van der Waals surface area contributed by atoms with Gasteiger partial charge < -0.3 is 33.0 Å². The topological polar surface area (TPSA) is 110 Å². The van der Waals surface area contributed by atoms with Gasteiger partial charge in [0, 0.05) is 42.5 Å².